The summed E-state index contributed by atoms with van der Waals surface area (Å²) in [5.74, 6) is 0. The Labute approximate surface area is 309 Å². The maximum Gasteiger partial charge on any atom is 0.0627 e. The summed E-state index contributed by atoms with van der Waals surface area (Å²) < 4.78 is 5.17. The highest BCUT2D eigenvalue weighted by molar-refractivity contribution is 6.41. The Balaban J connectivity index is 1.23. The number of benzene rings is 9. The number of fused-ring (bicyclic) bond motifs is 24. The molecule has 0 aliphatic heterocycles. The van der Waals surface area contributed by atoms with E-state index in [1.807, 2.05) is 0 Å². The highest BCUT2D eigenvalue weighted by atomic mass is 14.9. The van der Waals surface area contributed by atoms with E-state index in [9.17, 15) is 0 Å². The summed E-state index contributed by atoms with van der Waals surface area (Å²) in [5.41, 5.74) is 17.9. The molecule has 0 N–H and O–H groups in total. The molecule has 54 heavy (non-hydrogen) atoms. The largest absolute Gasteiger partial charge is 0.307 e. The Kier molecular flexibility index (Phi) is 4.80. The molecular formula is C52H28N2. The van der Waals surface area contributed by atoms with Crippen molar-refractivity contribution in [2.45, 2.75) is 0 Å². The van der Waals surface area contributed by atoms with Crippen LogP contribution in [0.15, 0.2) is 170 Å². The van der Waals surface area contributed by atoms with Gasteiger partial charge in [-0.2, -0.15) is 0 Å². The van der Waals surface area contributed by atoms with Gasteiger partial charge in [-0.3, -0.25) is 0 Å². The second-order valence-corrected chi connectivity index (χ2v) is 15.1. The molecule has 4 heterocycles. The molecule has 0 radical (unpaired) electrons. The van der Waals surface area contributed by atoms with Gasteiger partial charge in [0.25, 0.3) is 0 Å². The molecule has 9 aromatic carbocycles. The Hall–Kier alpha value is -7.16. The Bertz CT molecular complexity index is 3780. The molecule has 1 aliphatic rings. The van der Waals surface area contributed by atoms with E-state index in [0.29, 0.717) is 0 Å². The molecule has 0 spiro atoms. The normalized spacial score (nSPS) is 12.8. The molecule has 13 aromatic rings. The van der Waals surface area contributed by atoms with E-state index >= 15 is 0 Å². The fourth-order valence-corrected chi connectivity index (χ4v) is 10.7. The average Bonchev–Trinajstić information content (AvgIpc) is 3.96. The van der Waals surface area contributed by atoms with Gasteiger partial charge >= 0.3 is 0 Å². The lowest BCUT2D eigenvalue weighted by Crippen LogP contribution is -1.97. The highest BCUT2D eigenvalue weighted by Crippen LogP contribution is 2.53. The zero-order chi connectivity index (χ0) is 34.8. The van der Waals surface area contributed by atoms with Crippen molar-refractivity contribution in [2.24, 2.45) is 0 Å². The lowest BCUT2D eigenvalue weighted by atomic mass is 9.80. The molecule has 0 amide bonds. The van der Waals surface area contributed by atoms with E-state index in [0.717, 1.165) is 0 Å². The number of aromatic nitrogens is 2. The minimum Gasteiger partial charge on any atom is -0.307 e. The summed E-state index contributed by atoms with van der Waals surface area (Å²) in [4.78, 5) is 0. The molecule has 2 heteroatoms. The van der Waals surface area contributed by atoms with E-state index in [1.54, 1.807) is 0 Å². The average molecular weight is 681 g/mol. The third-order valence-corrected chi connectivity index (χ3v) is 12.7. The molecule has 0 unspecified atom stereocenters. The molecule has 0 fully saturated rings. The second kappa shape index (κ2) is 9.43. The van der Waals surface area contributed by atoms with Gasteiger partial charge in [0.1, 0.15) is 0 Å². The molecule has 1 aliphatic carbocycles. The first-order valence-corrected chi connectivity index (χ1v) is 18.9. The monoisotopic (exact) mass is 680 g/mol. The first kappa shape index (κ1) is 27.5. The summed E-state index contributed by atoms with van der Waals surface area (Å²) in [6.45, 7) is 0. The summed E-state index contributed by atoms with van der Waals surface area (Å²) >= 11 is 0. The maximum absolute atomic E-state index is 2.62. The highest BCUT2D eigenvalue weighted by Gasteiger charge is 2.28. The Morgan fingerprint density at radius 1 is 0.222 bits per heavy atom. The zero-order valence-corrected chi connectivity index (χ0v) is 29.1. The number of para-hydroxylation sites is 3. The van der Waals surface area contributed by atoms with Gasteiger partial charge in [0.15, 0.2) is 0 Å². The van der Waals surface area contributed by atoms with Gasteiger partial charge in [0.05, 0.1) is 33.1 Å². The van der Waals surface area contributed by atoms with Crippen LogP contribution in [-0.4, -0.2) is 8.80 Å². The van der Waals surface area contributed by atoms with E-state index in [2.05, 4.69) is 179 Å². The quantitative estimate of drug-likeness (QED) is 0.151. The van der Waals surface area contributed by atoms with Gasteiger partial charge in [-0.05, 0) is 62.7 Å². The molecule has 0 bridgehead atoms. The van der Waals surface area contributed by atoms with E-state index in [1.165, 1.54) is 131 Å². The maximum atomic E-state index is 2.62. The number of hydrogen-bond acceptors (Lipinski definition) is 0. The van der Waals surface area contributed by atoms with Gasteiger partial charge in [-0.1, -0.05) is 152 Å². The smallest absolute Gasteiger partial charge is 0.0627 e. The van der Waals surface area contributed by atoms with Crippen LogP contribution in [-0.2, 0) is 0 Å². The SMILES string of the molecule is c1ccc2c(c1)-c1ccccc1-c1cc3c4cccc5c6c7c8cccc9c%10ccccc%10n(c98)c7c7ccccc7c6n(c3cc1-c1ccccc1-2)c45. The summed E-state index contributed by atoms with van der Waals surface area (Å²) in [6, 6.07) is 63.8. The third kappa shape index (κ3) is 3.06. The van der Waals surface area contributed by atoms with Crippen molar-refractivity contribution in [1.29, 1.82) is 0 Å². The fourth-order valence-electron chi connectivity index (χ4n) is 10.7. The topological polar surface area (TPSA) is 8.82 Å². The molecule has 2 nitrogen and oxygen atoms in total. The van der Waals surface area contributed by atoms with Gasteiger partial charge < -0.3 is 8.80 Å². The van der Waals surface area contributed by atoms with Gasteiger partial charge in [-0.25, -0.2) is 0 Å². The molecule has 4 aromatic heterocycles. The Morgan fingerprint density at radius 2 is 0.574 bits per heavy atom. The predicted octanol–water partition coefficient (Wildman–Crippen LogP) is 14.1. The van der Waals surface area contributed by atoms with Crippen molar-refractivity contribution in [3.8, 4) is 44.5 Å². The van der Waals surface area contributed by atoms with Crippen molar-refractivity contribution in [1.82, 2.24) is 8.80 Å². The fraction of sp³-hybridized carbons (Fsp3) is 0. The van der Waals surface area contributed by atoms with Crippen LogP contribution < -0.4 is 0 Å². The van der Waals surface area contributed by atoms with Gasteiger partial charge in [0.2, 0.25) is 0 Å². The van der Waals surface area contributed by atoms with Crippen LogP contribution in [0.5, 0.6) is 0 Å². The minimum absolute atomic E-state index is 1.25. The summed E-state index contributed by atoms with van der Waals surface area (Å²) in [6.07, 6.45) is 0. The molecule has 246 valence electrons. The molecule has 0 atom stereocenters. The lowest BCUT2D eigenvalue weighted by molar-refractivity contribution is 1.37. The van der Waals surface area contributed by atoms with E-state index < -0.39 is 0 Å². The van der Waals surface area contributed by atoms with Crippen LogP contribution >= 0.6 is 0 Å². The van der Waals surface area contributed by atoms with Crippen molar-refractivity contribution < 1.29 is 0 Å². The standard InChI is InChI=1S/C52H28N2/c1-2-14-30-29(13-1)31-15-3-5-17-33(31)42-27-44-39-23-12-25-41-48-47-40-24-11-22-36-35-19-9-10-26-45(35)53(49(36)40)51(47)37-20-7-8-21-38(37)52(48)54(50(39)41)46(44)28-43(42)34-18-6-4-16-32(30)34/h1-28H. The Morgan fingerprint density at radius 3 is 1.11 bits per heavy atom. The van der Waals surface area contributed by atoms with Crippen molar-refractivity contribution in [3.63, 3.8) is 0 Å². The van der Waals surface area contributed by atoms with Crippen LogP contribution in [0.25, 0.3) is 131 Å². The lowest BCUT2D eigenvalue weighted by Gasteiger charge is -2.23. The van der Waals surface area contributed by atoms with Crippen LogP contribution in [0.3, 0.4) is 0 Å². The van der Waals surface area contributed by atoms with Crippen molar-refractivity contribution >= 4 is 87.0 Å². The van der Waals surface area contributed by atoms with E-state index in [4.69, 9.17) is 0 Å². The van der Waals surface area contributed by atoms with Gasteiger partial charge in [-0.15, -0.1) is 0 Å². The van der Waals surface area contributed by atoms with Crippen LogP contribution in [0.2, 0.25) is 0 Å². The first-order valence-electron chi connectivity index (χ1n) is 18.9. The van der Waals surface area contributed by atoms with Crippen LogP contribution in [0, 0.1) is 0 Å². The molecule has 0 saturated heterocycles. The molecule has 0 saturated carbocycles. The van der Waals surface area contributed by atoms with Crippen molar-refractivity contribution in [3.05, 3.63) is 170 Å². The third-order valence-electron chi connectivity index (χ3n) is 12.7. The summed E-state index contributed by atoms with van der Waals surface area (Å²) in [7, 11) is 0. The number of nitrogens with zero attached hydrogens (tertiary/aromatic N) is 2. The first-order chi connectivity index (χ1) is 26.8. The number of rotatable bonds is 0. The molecular weight excluding hydrogens is 653 g/mol. The zero-order valence-electron chi connectivity index (χ0n) is 29.1. The van der Waals surface area contributed by atoms with Gasteiger partial charge in [0, 0.05) is 53.9 Å². The van der Waals surface area contributed by atoms with E-state index in [-0.39, 0.29) is 0 Å². The minimum atomic E-state index is 1.25. The number of hydrogen-bond donors (Lipinski definition) is 0. The van der Waals surface area contributed by atoms with Crippen molar-refractivity contribution in [2.75, 3.05) is 0 Å². The predicted molar refractivity (Wildman–Crippen MR) is 229 cm³/mol. The van der Waals surface area contributed by atoms with Crippen LogP contribution in [0.1, 0.15) is 0 Å². The van der Waals surface area contributed by atoms with Crippen LogP contribution in [0.4, 0.5) is 0 Å². The molecule has 14 rings (SSSR count). The summed E-state index contributed by atoms with van der Waals surface area (Å²) in [5, 5.41) is 13.1. The second-order valence-electron chi connectivity index (χ2n) is 15.1.